The van der Waals surface area contributed by atoms with Gasteiger partial charge in [0.05, 0.1) is 0 Å². The van der Waals surface area contributed by atoms with E-state index in [1.807, 2.05) is 13.8 Å². The Morgan fingerprint density at radius 3 is 1.88 bits per heavy atom. The maximum absolute atomic E-state index is 9.61. The maximum Gasteiger partial charge on any atom is 0.115 e. The van der Waals surface area contributed by atoms with Crippen LogP contribution in [0.4, 0.5) is 0 Å². The molecule has 2 heteroatoms. The van der Waals surface area contributed by atoms with Gasteiger partial charge < -0.3 is 10.2 Å². The maximum atomic E-state index is 9.61. The highest BCUT2D eigenvalue weighted by molar-refractivity contribution is 5.35. The molecule has 1 aliphatic carbocycles. The van der Waals surface area contributed by atoms with Crippen LogP contribution in [-0.4, -0.2) is 10.2 Å². The topological polar surface area (TPSA) is 40.5 Å². The molecular weight excluding hydrogens is 320 g/mol. The van der Waals surface area contributed by atoms with Crippen molar-refractivity contribution in [2.24, 2.45) is 11.8 Å². The van der Waals surface area contributed by atoms with Crippen LogP contribution < -0.4 is 0 Å². The van der Waals surface area contributed by atoms with Crippen LogP contribution in [0.3, 0.4) is 0 Å². The van der Waals surface area contributed by atoms with Crippen LogP contribution in [0.2, 0.25) is 0 Å². The number of aromatic hydroxyl groups is 2. The van der Waals surface area contributed by atoms with E-state index < -0.39 is 0 Å². The molecule has 2 nitrogen and oxygen atoms in total. The van der Waals surface area contributed by atoms with Crippen molar-refractivity contribution in [2.75, 3.05) is 0 Å². The zero-order valence-electron chi connectivity index (χ0n) is 16.9. The zero-order valence-corrected chi connectivity index (χ0v) is 16.9. The van der Waals surface area contributed by atoms with Crippen molar-refractivity contribution in [3.05, 3.63) is 59.7 Å². The molecule has 3 unspecified atom stereocenters. The summed E-state index contributed by atoms with van der Waals surface area (Å²) in [5.74, 6) is 2.47. The van der Waals surface area contributed by atoms with E-state index >= 15 is 0 Å². The number of hydrogen-bond donors (Lipinski definition) is 2. The third-order valence-electron chi connectivity index (χ3n) is 5.96. The molecule has 0 spiro atoms. The van der Waals surface area contributed by atoms with Crippen molar-refractivity contribution < 1.29 is 10.2 Å². The van der Waals surface area contributed by atoms with Gasteiger partial charge in [-0.1, -0.05) is 58.9 Å². The minimum atomic E-state index is 0.127. The van der Waals surface area contributed by atoms with Gasteiger partial charge >= 0.3 is 0 Å². The Hall–Kier alpha value is -1.96. The Labute approximate surface area is 158 Å². The van der Waals surface area contributed by atoms with E-state index in [4.69, 9.17) is 0 Å². The molecule has 0 radical (unpaired) electrons. The summed E-state index contributed by atoms with van der Waals surface area (Å²) in [4.78, 5) is 0. The predicted molar refractivity (Wildman–Crippen MR) is 110 cm³/mol. The van der Waals surface area contributed by atoms with Gasteiger partial charge in [0.15, 0.2) is 0 Å². The first-order chi connectivity index (χ1) is 12.4. The molecule has 2 aromatic rings. The summed E-state index contributed by atoms with van der Waals surface area (Å²) in [6.07, 6.45) is 3.49. The fourth-order valence-corrected chi connectivity index (χ4v) is 4.44. The summed E-state index contributed by atoms with van der Waals surface area (Å²) in [5, 5.41) is 19.2. The number of rotatable bonds is 3. The molecule has 142 valence electrons. The van der Waals surface area contributed by atoms with Crippen LogP contribution in [0, 0.1) is 11.8 Å². The average molecular weight is 355 g/mol. The Morgan fingerprint density at radius 1 is 0.885 bits per heavy atom. The van der Waals surface area contributed by atoms with E-state index in [-0.39, 0.29) is 5.41 Å². The Bertz CT molecular complexity index is 672. The average Bonchev–Trinajstić information content (AvgIpc) is 2.64. The monoisotopic (exact) mass is 354 g/mol. The van der Waals surface area contributed by atoms with Gasteiger partial charge in [-0.05, 0) is 77.8 Å². The molecule has 0 amide bonds. The molecule has 2 N–H and O–H groups in total. The lowest BCUT2D eigenvalue weighted by Crippen LogP contribution is -2.35. The van der Waals surface area contributed by atoms with Crippen LogP contribution in [0.25, 0.3) is 0 Å². The molecule has 0 aromatic heterocycles. The lowest BCUT2D eigenvalue weighted by molar-refractivity contribution is 0.171. The highest BCUT2D eigenvalue weighted by Crippen LogP contribution is 2.50. The van der Waals surface area contributed by atoms with E-state index in [1.165, 1.54) is 24.0 Å². The van der Waals surface area contributed by atoms with E-state index in [0.717, 1.165) is 6.42 Å². The lowest BCUT2D eigenvalue weighted by Gasteiger charge is -2.45. The fourth-order valence-electron chi connectivity index (χ4n) is 4.44. The van der Waals surface area contributed by atoms with Crippen LogP contribution in [0.5, 0.6) is 11.5 Å². The largest absolute Gasteiger partial charge is 0.508 e. The molecule has 1 saturated carbocycles. The smallest absolute Gasteiger partial charge is 0.115 e. The Kier molecular flexibility index (Phi) is 6.75. The first kappa shape index (κ1) is 20.4. The first-order valence-corrected chi connectivity index (χ1v) is 9.97. The van der Waals surface area contributed by atoms with Crippen LogP contribution in [-0.2, 0) is 5.41 Å². The van der Waals surface area contributed by atoms with Crippen molar-refractivity contribution in [2.45, 2.75) is 65.2 Å². The minimum Gasteiger partial charge on any atom is -0.508 e. The standard InChI is InChI=1S/C22H28O2.C2H6/c1-15(2)20-12-13-22(3,17-6-10-19(24)11-7-17)14-21(20)16-4-8-18(23)9-5-16;1-2/h4-11,15,20-21,23-24H,12-14H2,1-3H3;1-2H3. The molecule has 2 aromatic carbocycles. The molecule has 0 heterocycles. The van der Waals surface area contributed by atoms with E-state index in [0.29, 0.717) is 29.3 Å². The highest BCUT2D eigenvalue weighted by Gasteiger charge is 2.40. The van der Waals surface area contributed by atoms with Crippen molar-refractivity contribution in [3.63, 3.8) is 0 Å². The molecule has 0 aliphatic heterocycles. The van der Waals surface area contributed by atoms with E-state index in [9.17, 15) is 10.2 Å². The van der Waals surface area contributed by atoms with Gasteiger partial charge in [0.2, 0.25) is 0 Å². The van der Waals surface area contributed by atoms with Gasteiger partial charge in [0.25, 0.3) is 0 Å². The summed E-state index contributed by atoms with van der Waals surface area (Å²) in [7, 11) is 0. The normalized spacial score (nSPS) is 25.5. The van der Waals surface area contributed by atoms with Crippen LogP contribution in [0.15, 0.2) is 48.5 Å². The molecule has 0 bridgehead atoms. The number of phenols is 2. The number of benzene rings is 2. The van der Waals surface area contributed by atoms with Gasteiger partial charge in [-0.3, -0.25) is 0 Å². The van der Waals surface area contributed by atoms with Gasteiger partial charge in [0, 0.05) is 0 Å². The second-order valence-corrected chi connectivity index (χ2v) is 7.96. The molecule has 26 heavy (non-hydrogen) atoms. The fraction of sp³-hybridized carbons (Fsp3) is 0.500. The third kappa shape index (κ3) is 4.41. The molecule has 1 aliphatic rings. The van der Waals surface area contributed by atoms with Crippen molar-refractivity contribution in [3.8, 4) is 11.5 Å². The van der Waals surface area contributed by atoms with Crippen molar-refractivity contribution >= 4 is 0 Å². The summed E-state index contributed by atoms with van der Waals surface area (Å²) in [5.41, 5.74) is 2.77. The summed E-state index contributed by atoms with van der Waals surface area (Å²) >= 11 is 0. The van der Waals surface area contributed by atoms with Gasteiger partial charge in [-0.25, -0.2) is 0 Å². The molecule has 0 saturated heterocycles. The lowest BCUT2D eigenvalue weighted by atomic mass is 9.59. The van der Waals surface area contributed by atoms with E-state index in [1.54, 1.807) is 24.3 Å². The second-order valence-electron chi connectivity index (χ2n) is 7.96. The number of hydrogen-bond acceptors (Lipinski definition) is 2. The summed E-state index contributed by atoms with van der Waals surface area (Å²) in [6, 6.07) is 15.5. The van der Waals surface area contributed by atoms with Gasteiger partial charge in [-0.2, -0.15) is 0 Å². The molecular formula is C24H34O2. The van der Waals surface area contributed by atoms with Gasteiger partial charge in [-0.15, -0.1) is 0 Å². The zero-order chi connectivity index (χ0) is 19.3. The minimum absolute atomic E-state index is 0.127. The summed E-state index contributed by atoms with van der Waals surface area (Å²) in [6.45, 7) is 11.0. The third-order valence-corrected chi connectivity index (χ3v) is 5.96. The second kappa shape index (κ2) is 8.62. The molecule has 3 atom stereocenters. The quantitative estimate of drug-likeness (QED) is 0.650. The van der Waals surface area contributed by atoms with Gasteiger partial charge in [0.1, 0.15) is 11.5 Å². The predicted octanol–water partition coefficient (Wildman–Crippen LogP) is 6.62. The SMILES string of the molecule is CC.CC(C)C1CCC(C)(c2ccc(O)cc2)CC1c1ccc(O)cc1. The first-order valence-electron chi connectivity index (χ1n) is 9.97. The van der Waals surface area contributed by atoms with E-state index in [2.05, 4.69) is 45.0 Å². The van der Waals surface area contributed by atoms with Crippen molar-refractivity contribution in [1.29, 1.82) is 0 Å². The van der Waals surface area contributed by atoms with Crippen LogP contribution in [0.1, 0.15) is 70.9 Å². The van der Waals surface area contributed by atoms with Crippen molar-refractivity contribution in [1.82, 2.24) is 0 Å². The van der Waals surface area contributed by atoms with Crippen LogP contribution >= 0.6 is 0 Å². The molecule has 3 rings (SSSR count). The summed E-state index contributed by atoms with van der Waals surface area (Å²) < 4.78 is 0. The molecule has 1 fully saturated rings. The highest BCUT2D eigenvalue weighted by atomic mass is 16.3. The number of phenolic OH excluding ortho intramolecular Hbond substituents is 2. The Balaban J connectivity index is 0.00000117. The Morgan fingerprint density at radius 2 is 1.38 bits per heavy atom.